The maximum absolute atomic E-state index is 13.1. The van der Waals surface area contributed by atoms with Gasteiger partial charge in [0.1, 0.15) is 5.75 Å². The molecule has 1 N–H and O–H groups in total. The van der Waals surface area contributed by atoms with Crippen LogP contribution in [0.25, 0.3) is 0 Å². The number of hydrogen-bond acceptors (Lipinski definition) is 5. The zero-order valence-electron chi connectivity index (χ0n) is 15.9. The molecule has 0 radical (unpaired) electrons. The molecule has 7 nitrogen and oxygen atoms in total. The second-order valence-electron chi connectivity index (χ2n) is 7.05. The Kier molecular flexibility index (Phi) is 4.76. The summed E-state index contributed by atoms with van der Waals surface area (Å²) in [5.41, 5.74) is 2.45. The summed E-state index contributed by atoms with van der Waals surface area (Å²) in [5.74, 6) is 0.342. The first-order valence-electron chi connectivity index (χ1n) is 9.24. The molecule has 2 aliphatic rings. The van der Waals surface area contributed by atoms with Crippen LogP contribution in [0.3, 0.4) is 0 Å². The number of amides is 1. The van der Waals surface area contributed by atoms with Crippen LogP contribution in [-0.4, -0.2) is 51.9 Å². The van der Waals surface area contributed by atoms with E-state index >= 15 is 0 Å². The van der Waals surface area contributed by atoms with Gasteiger partial charge in [0.05, 0.1) is 17.9 Å². The molecule has 28 heavy (non-hydrogen) atoms. The number of benzene rings is 2. The quantitative estimate of drug-likeness (QED) is 0.850. The Morgan fingerprint density at radius 2 is 1.82 bits per heavy atom. The van der Waals surface area contributed by atoms with E-state index in [1.807, 2.05) is 24.3 Å². The molecule has 1 amide bonds. The molecular weight excluding hydrogens is 378 g/mol. The maximum Gasteiger partial charge on any atom is 0.243 e. The number of nitrogens with zero attached hydrogens (tertiary/aromatic N) is 2. The van der Waals surface area contributed by atoms with Crippen LogP contribution in [-0.2, 0) is 14.8 Å². The molecule has 2 aromatic rings. The number of fused-ring (bicyclic) bond motifs is 1. The highest BCUT2D eigenvalue weighted by atomic mass is 32.2. The maximum atomic E-state index is 13.1. The van der Waals surface area contributed by atoms with Gasteiger partial charge in [-0.3, -0.25) is 4.79 Å². The Hall–Kier alpha value is -2.58. The number of nitrogens with one attached hydrogen (secondary N) is 1. The zero-order valence-corrected chi connectivity index (χ0v) is 16.7. The molecule has 0 aromatic heterocycles. The first-order chi connectivity index (χ1) is 13.4. The highest BCUT2D eigenvalue weighted by Gasteiger charge is 2.32. The van der Waals surface area contributed by atoms with Crippen LogP contribution >= 0.6 is 0 Å². The van der Waals surface area contributed by atoms with Crippen molar-refractivity contribution in [3.05, 3.63) is 48.0 Å². The van der Waals surface area contributed by atoms with E-state index in [0.717, 1.165) is 17.0 Å². The van der Waals surface area contributed by atoms with Crippen LogP contribution < -0.4 is 15.0 Å². The van der Waals surface area contributed by atoms with Gasteiger partial charge in [0.15, 0.2) is 0 Å². The predicted octanol–water partition coefficient (Wildman–Crippen LogP) is 2.26. The van der Waals surface area contributed by atoms with Gasteiger partial charge in [-0.25, -0.2) is 8.42 Å². The lowest BCUT2D eigenvalue weighted by Gasteiger charge is -2.35. The number of sulfonamides is 1. The van der Waals surface area contributed by atoms with Gasteiger partial charge in [-0.05, 0) is 42.8 Å². The summed E-state index contributed by atoms with van der Waals surface area (Å²) in [5, 5.41) is 2.77. The molecule has 0 aliphatic carbocycles. The molecule has 0 unspecified atom stereocenters. The molecule has 148 valence electrons. The first-order valence-corrected chi connectivity index (χ1v) is 10.7. The van der Waals surface area contributed by atoms with Crippen LogP contribution in [0.2, 0.25) is 0 Å². The third-order valence-electron chi connectivity index (χ3n) is 5.44. The third-order valence-corrected chi connectivity index (χ3v) is 7.33. The lowest BCUT2D eigenvalue weighted by Crippen LogP contribution is -2.48. The van der Waals surface area contributed by atoms with Crippen molar-refractivity contribution < 1.29 is 17.9 Å². The Morgan fingerprint density at radius 3 is 2.54 bits per heavy atom. The molecule has 8 heteroatoms. The third kappa shape index (κ3) is 3.22. The van der Waals surface area contributed by atoms with Gasteiger partial charge in [-0.1, -0.05) is 6.07 Å². The fraction of sp³-hybridized carbons (Fsp3) is 0.350. The van der Waals surface area contributed by atoms with Crippen molar-refractivity contribution in [1.29, 1.82) is 0 Å². The number of methoxy groups -OCH3 is 1. The van der Waals surface area contributed by atoms with E-state index in [1.165, 1.54) is 4.31 Å². The van der Waals surface area contributed by atoms with Crippen LogP contribution in [0, 0.1) is 0 Å². The SMILES string of the molecule is COc1cccc(N2CCN(S(=O)(=O)c3ccc4c(c3)[C@@H](C)C(=O)N4)CC2)c1. The van der Waals surface area contributed by atoms with E-state index in [2.05, 4.69) is 10.2 Å². The van der Waals surface area contributed by atoms with Gasteiger partial charge >= 0.3 is 0 Å². The summed E-state index contributed by atoms with van der Waals surface area (Å²) in [7, 11) is -1.97. The van der Waals surface area contributed by atoms with Gasteiger partial charge in [0.25, 0.3) is 0 Å². The van der Waals surface area contributed by atoms with Crippen molar-refractivity contribution >= 4 is 27.3 Å². The Balaban J connectivity index is 1.50. The number of carbonyl (C=O) groups is 1. The number of anilines is 2. The van der Waals surface area contributed by atoms with Gasteiger partial charge in [0, 0.05) is 43.6 Å². The fourth-order valence-corrected chi connectivity index (χ4v) is 5.16. The summed E-state index contributed by atoms with van der Waals surface area (Å²) in [4.78, 5) is 14.2. The summed E-state index contributed by atoms with van der Waals surface area (Å²) < 4.78 is 33.0. The Bertz CT molecular complexity index is 1010. The fourth-order valence-electron chi connectivity index (χ4n) is 3.70. The van der Waals surface area contributed by atoms with Gasteiger partial charge in [-0.2, -0.15) is 4.31 Å². The van der Waals surface area contributed by atoms with E-state index in [9.17, 15) is 13.2 Å². The minimum absolute atomic E-state index is 0.101. The van der Waals surface area contributed by atoms with E-state index in [0.29, 0.717) is 31.9 Å². The van der Waals surface area contributed by atoms with Gasteiger partial charge in [-0.15, -0.1) is 0 Å². The monoisotopic (exact) mass is 401 g/mol. The first kappa shape index (κ1) is 18.8. The van der Waals surface area contributed by atoms with E-state index in [1.54, 1.807) is 32.2 Å². The van der Waals surface area contributed by atoms with Crippen LogP contribution in [0.4, 0.5) is 11.4 Å². The van der Waals surface area contributed by atoms with Crippen LogP contribution in [0.15, 0.2) is 47.4 Å². The Morgan fingerprint density at radius 1 is 1.07 bits per heavy atom. The summed E-state index contributed by atoms with van der Waals surface area (Å²) >= 11 is 0. The molecular formula is C20H23N3O4S. The van der Waals surface area contributed by atoms with E-state index < -0.39 is 10.0 Å². The lowest BCUT2D eigenvalue weighted by atomic mass is 10.0. The molecule has 0 spiro atoms. The largest absolute Gasteiger partial charge is 0.497 e. The second kappa shape index (κ2) is 7.10. The lowest BCUT2D eigenvalue weighted by molar-refractivity contribution is -0.116. The summed E-state index contributed by atoms with van der Waals surface area (Å²) in [6.07, 6.45) is 0. The van der Waals surface area contributed by atoms with E-state index in [4.69, 9.17) is 4.74 Å². The molecule has 1 atom stereocenters. The van der Waals surface area contributed by atoms with Crippen LogP contribution in [0.1, 0.15) is 18.4 Å². The molecule has 0 saturated carbocycles. The highest BCUT2D eigenvalue weighted by Crippen LogP contribution is 2.34. The van der Waals surface area contributed by atoms with Gasteiger partial charge < -0.3 is 15.0 Å². The zero-order chi connectivity index (χ0) is 19.9. The topological polar surface area (TPSA) is 79.0 Å². The number of rotatable bonds is 4. The standard InChI is InChI=1S/C20H23N3O4S/c1-14-18-13-17(6-7-19(18)21-20(14)24)28(25,26)23-10-8-22(9-11-23)15-4-3-5-16(12-15)27-2/h3-7,12-14H,8-11H2,1-2H3,(H,21,24)/t14-/m1/s1. The summed E-state index contributed by atoms with van der Waals surface area (Å²) in [6, 6.07) is 12.6. The number of carbonyl (C=O) groups excluding carboxylic acids is 1. The van der Waals surface area contributed by atoms with Crippen molar-refractivity contribution in [1.82, 2.24) is 4.31 Å². The Labute approximate surface area is 165 Å². The van der Waals surface area contributed by atoms with Crippen molar-refractivity contribution in [3.8, 4) is 5.75 Å². The molecule has 2 heterocycles. The van der Waals surface area contributed by atoms with Crippen LogP contribution in [0.5, 0.6) is 5.75 Å². The molecule has 1 saturated heterocycles. The molecule has 1 fully saturated rings. The van der Waals surface area contributed by atoms with E-state index in [-0.39, 0.29) is 16.7 Å². The average molecular weight is 401 g/mol. The number of ether oxygens (including phenoxy) is 1. The smallest absolute Gasteiger partial charge is 0.243 e. The van der Waals surface area contributed by atoms with Crippen molar-refractivity contribution in [2.24, 2.45) is 0 Å². The highest BCUT2D eigenvalue weighted by molar-refractivity contribution is 7.89. The predicted molar refractivity (Wildman–Crippen MR) is 107 cm³/mol. The summed E-state index contributed by atoms with van der Waals surface area (Å²) in [6.45, 7) is 3.80. The number of hydrogen-bond donors (Lipinski definition) is 1. The van der Waals surface area contributed by atoms with Crippen molar-refractivity contribution in [2.45, 2.75) is 17.7 Å². The molecule has 4 rings (SSSR count). The van der Waals surface area contributed by atoms with Gasteiger partial charge in [0.2, 0.25) is 15.9 Å². The minimum Gasteiger partial charge on any atom is -0.497 e. The molecule has 0 bridgehead atoms. The number of piperazine rings is 1. The minimum atomic E-state index is -3.60. The average Bonchev–Trinajstić information content (AvgIpc) is 3.01. The normalized spacial score (nSPS) is 20.0. The second-order valence-corrected chi connectivity index (χ2v) is 8.99. The molecule has 2 aromatic carbocycles. The van der Waals surface area contributed by atoms with Crippen molar-refractivity contribution in [2.75, 3.05) is 43.5 Å². The van der Waals surface area contributed by atoms with Crippen molar-refractivity contribution in [3.63, 3.8) is 0 Å². The molecule has 2 aliphatic heterocycles.